The Morgan fingerprint density at radius 3 is 2.48 bits per heavy atom. The average Bonchev–Trinajstić information content (AvgIpc) is 2.71. The predicted molar refractivity (Wildman–Crippen MR) is 128 cm³/mol. The molecule has 1 fully saturated rings. The number of carbonyl (C=O) groups is 2. The van der Waals surface area contributed by atoms with Gasteiger partial charge in [-0.05, 0) is 82.0 Å². The van der Waals surface area contributed by atoms with Crippen molar-refractivity contribution in [1.29, 1.82) is 0 Å². The van der Waals surface area contributed by atoms with Gasteiger partial charge in [-0.25, -0.2) is 0 Å². The van der Waals surface area contributed by atoms with E-state index in [-0.39, 0.29) is 23.8 Å². The summed E-state index contributed by atoms with van der Waals surface area (Å²) < 4.78 is 5.61. The number of methoxy groups -OCH3 is 1. The van der Waals surface area contributed by atoms with Crippen LogP contribution in [-0.4, -0.2) is 25.0 Å². The van der Waals surface area contributed by atoms with E-state index < -0.39 is 0 Å². The number of amides is 2. The van der Waals surface area contributed by atoms with E-state index in [1.165, 1.54) is 37.7 Å². The van der Waals surface area contributed by atoms with Crippen molar-refractivity contribution in [3.63, 3.8) is 0 Å². The zero-order valence-electron chi connectivity index (χ0n) is 20.3. The number of hydrogen-bond acceptors (Lipinski definition) is 3. The molecule has 2 amide bonds. The minimum atomic E-state index is -0.0939. The smallest absolute Gasteiger partial charge is 0.226 e. The van der Waals surface area contributed by atoms with Crippen molar-refractivity contribution in [3.05, 3.63) is 23.8 Å². The average molecular weight is 432 g/mol. The van der Waals surface area contributed by atoms with Crippen LogP contribution < -0.4 is 5.32 Å². The summed E-state index contributed by atoms with van der Waals surface area (Å²) in [5, 5.41) is 2.43. The first kappa shape index (κ1) is 25.8. The highest BCUT2D eigenvalue weighted by atomic mass is 16.5. The summed E-state index contributed by atoms with van der Waals surface area (Å²) in [7, 11) is 1.81. The second-order valence-corrected chi connectivity index (χ2v) is 9.95. The van der Waals surface area contributed by atoms with Gasteiger partial charge in [-0.2, -0.15) is 0 Å². The summed E-state index contributed by atoms with van der Waals surface area (Å²) in [6.45, 7) is 7.06. The fraction of sp³-hybridized carbons (Fsp3) is 0.778. The van der Waals surface area contributed by atoms with Crippen molar-refractivity contribution in [2.45, 2.75) is 104 Å². The van der Waals surface area contributed by atoms with Crippen LogP contribution in [0.2, 0.25) is 0 Å². The second kappa shape index (κ2) is 13.9. The van der Waals surface area contributed by atoms with E-state index in [2.05, 4.69) is 44.3 Å². The fourth-order valence-corrected chi connectivity index (χ4v) is 5.68. The van der Waals surface area contributed by atoms with Gasteiger partial charge >= 0.3 is 0 Å². The number of piperidine rings is 1. The van der Waals surface area contributed by atoms with E-state index in [0.29, 0.717) is 24.7 Å². The van der Waals surface area contributed by atoms with Crippen LogP contribution in [0.5, 0.6) is 0 Å². The van der Waals surface area contributed by atoms with Gasteiger partial charge in [-0.1, -0.05) is 50.5 Å². The lowest BCUT2D eigenvalue weighted by Crippen LogP contribution is -2.38. The molecular weight excluding hydrogens is 386 g/mol. The van der Waals surface area contributed by atoms with Gasteiger partial charge < -0.3 is 4.74 Å². The van der Waals surface area contributed by atoms with Crippen LogP contribution in [0.25, 0.3) is 0 Å². The number of ether oxygens (including phenoxy) is 1. The van der Waals surface area contributed by atoms with Crippen LogP contribution in [0.4, 0.5) is 0 Å². The largest absolute Gasteiger partial charge is 0.377 e. The van der Waals surface area contributed by atoms with E-state index in [1.54, 1.807) is 0 Å². The molecule has 176 valence electrons. The molecule has 4 heteroatoms. The molecule has 0 saturated carbocycles. The van der Waals surface area contributed by atoms with Crippen LogP contribution >= 0.6 is 0 Å². The maximum absolute atomic E-state index is 11.7. The van der Waals surface area contributed by atoms with E-state index in [4.69, 9.17) is 4.74 Å². The number of hydrogen-bond donors (Lipinski definition) is 1. The Morgan fingerprint density at radius 1 is 1.06 bits per heavy atom. The molecule has 4 atom stereocenters. The Hall–Kier alpha value is -1.42. The molecule has 0 radical (unpaired) electrons. The van der Waals surface area contributed by atoms with E-state index in [0.717, 1.165) is 38.0 Å². The minimum Gasteiger partial charge on any atom is -0.377 e. The highest BCUT2D eigenvalue weighted by Gasteiger charge is 2.28. The van der Waals surface area contributed by atoms with Gasteiger partial charge in [-0.15, -0.1) is 0 Å². The second-order valence-electron chi connectivity index (χ2n) is 9.95. The molecule has 0 aromatic rings. The van der Waals surface area contributed by atoms with E-state index in [9.17, 15) is 9.59 Å². The van der Waals surface area contributed by atoms with Gasteiger partial charge in [0.25, 0.3) is 0 Å². The third kappa shape index (κ3) is 9.31. The Bertz CT molecular complexity index is 608. The molecule has 4 unspecified atom stereocenters. The number of allylic oxidation sites excluding steroid dienone is 3. The van der Waals surface area contributed by atoms with E-state index in [1.807, 2.05) is 7.11 Å². The number of imide groups is 1. The number of rotatable bonds is 6. The van der Waals surface area contributed by atoms with Crippen LogP contribution in [0, 0.1) is 23.7 Å². The molecule has 1 N–H and O–H groups in total. The molecule has 0 bridgehead atoms. The standard InChI is InChI=1S/C27H45NO3/c1-5-23-13-7-6-8-14-24(31-4)15-9-11-20(2)17-21(3)25(23)16-10-12-22-18-26(29)28-27(30)19-22/h8,11,14,21-25H,5-7,9-10,12-13,15-19H2,1-4H3,(H,28,29,30)/b14-8+,20-11-. The molecule has 1 saturated heterocycles. The van der Waals surface area contributed by atoms with Crippen LogP contribution in [0.1, 0.15) is 97.8 Å². The monoisotopic (exact) mass is 431 g/mol. The minimum absolute atomic E-state index is 0.0939. The molecule has 2 rings (SSSR count). The van der Waals surface area contributed by atoms with Gasteiger partial charge in [0.05, 0.1) is 6.10 Å². The van der Waals surface area contributed by atoms with E-state index >= 15 is 0 Å². The lowest BCUT2D eigenvalue weighted by molar-refractivity contribution is -0.134. The van der Waals surface area contributed by atoms with Crippen molar-refractivity contribution in [2.75, 3.05) is 7.11 Å². The van der Waals surface area contributed by atoms with Gasteiger partial charge in [0.2, 0.25) is 11.8 Å². The highest BCUT2D eigenvalue weighted by molar-refractivity contribution is 5.97. The highest BCUT2D eigenvalue weighted by Crippen LogP contribution is 2.36. The Morgan fingerprint density at radius 2 is 1.81 bits per heavy atom. The van der Waals surface area contributed by atoms with Gasteiger partial charge in [0, 0.05) is 20.0 Å². The molecule has 0 aromatic carbocycles. The lowest BCUT2D eigenvalue weighted by Gasteiger charge is -2.33. The third-order valence-corrected chi connectivity index (χ3v) is 7.42. The maximum atomic E-state index is 11.7. The molecule has 0 aromatic heterocycles. The zero-order valence-corrected chi connectivity index (χ0v) is 20.3. The first-order valence-corrected chi connectivity index (χ1v) is 12.6. The SMILES string of the molecule is CCC1CCC/C=C/C(OC)CC/C=C(/C)CC(C)C1CCCC1CC(=O)NC(=O)C1. The molecule has 31 heavy (non-hydrogen) atoms. The molecule has 1 heterocycles. The van der Waals surface area contributed by atoms with Gasteiger partial charge in [0.15, 0.2) is 0 Å². The van der Waals surface area contributed by atoms with Gasteiger partial charge in [0.1, 0.15) is 0 Å². The summed E-state index contributed by atoms with van der Waals surface area (Å²) in [6.07, 6.45) is 19.7. The first-order chi connectivity index (χ1) is 14.9. The number of carbonyl (C=O) groups excluding carboxylic acids is 2. The number of nitrogens with one attached hydrogen (secondary N) is 1. The normalized spacial score (nSPS) is 32.6. The van der Waals surface area contributed by atoms with Crippen LogP contribution in [-0.2, 0) is 14.3 Å². The first-order valence-electron chi connectivity index (χ1n) is 12.6. The Kier molecular flexibility index (Phi) is 11.6. The zero-order chi connectivity index (χ0) is 22.6. The predicted octanol–water partition coefficient (Wildman–Crippen LogP) is 6.36. The molecule has 1 aliphatic carbocycles. The van der Waals surface area contributed by atoms with Gasteiger partial charge in [-0.3, -0.25) is 14.9 Å². The van der Waals surface area contributed by atoms with Crippen molar-refractivity contribution < 1.29 is 14.3 Å². The third-order valence-electron chi connectivity index (χ3n) is 7.42. The quantitative estimate of drug-likeness (QED) is 0.393. The van der Waals surface area contributed by atoms with Crippen molar-refractivity contribution in [1.82, 2.24) is 5.32 Å². The summed E-state index contributed by atoms with van der Waals surface area (Å²) in [5.41, 5.74) is 1.50. The molecular formula is C27H45NO3. The summed E-state index contributed by atoms with van der Waals surface area (Å²) in [6, 6.07) is 0. The topological polar surface area (TPSA) is 55.4 Å². The fourth-order valence-electron chi connectivity index (χ4n) is 5.68. The summed E-state index contributed by atoms with van der Waals surface area (Å²) in [5.74, 6) is 2.16. The van der Waals surface area contributed by atoms with Crippen molar-refractivity contribution >= 4 is 11.8 Å². The lowest BCUT2D eigenvalue weighted by atomic mass is 9.73. The maximum Gasteiger partial charge on any atom is 0.226 e. The molecule has 4 nitrogen and oxygen atoms in total. The van der Waals surface area contributed by atoms with Crippen molar-refractivity contribution in [2.24, 2.45) is 23.7 Å². The summed E-state index contributed by atoms with van der Waals surface area (Å²) in [4.78, 5) is 23.4. The summed E-state index contributed by atoms with van der Waals surface area (Å²) >= 11 is 0. The molecule has 2 aliphatic rings. The molecule has 1 aliphatic heterocycles. The van der Waals surface area contributed by atoms with Crippen LogP contribution in [0.15, 0.2) is 23.8 Å². The Balaban J connectivity index is 2.01. The van der Waals surface area contributed by atoms with Crippen molar-refractivity contribution in [3.8, 4) is 0 Å². The Labute approximate surface area is 190 Å². The van der Waals surface area contributed by atoms with Crippen LogP contribution in [0.3, 0.4) is 0 Å². The molecule has 0 spiro atoms.